The first-order valence-electron chi connectivity index (χ1n) is 9.73. The molecule has 3 aliphatic heterocycles. The lowest BCUT2D eigenvalue weighted by Crippen LogP contribution is -2.51. The zero-order valence-electron chi connectivity index (χ0n) is 15.2. The van der Waals surface area contributed by atoms with Gasteiger partial charge >= 0.3 is 0 Å². The highest BCUT2D eigenvalue weighted by molar-refractivity contribution is 5.87. The van der Waals surface area contributed by atoms with Crippen molar-refractivity contribution in [2.24, 2.45) is 11.3 Å². The van der Waals surface area contributed by atoms with Crippen LogP contribution in [0.5, 0.6) is 0 Å². The third-order valence-corrected chi connectivity index (χ3v) is 6.18. The van der Waals surface area contributed by atoms with Gasteiger partial charge in [0.25, 0.3) is 0 Å². The number of aromatic nitrogens is 1. The molecule has 0 N–H and O–H groups in total. The van der Waals surface area contributed by atoms with Gasteiger partial charge in [0, 0.05) is 57.7 Å². The summed E-state index contributed by atoms with van der Waals surface area (Å²) in [6.07, 6.45) is 7.82. The average molecular weight is 357 g/mol. The fraction of sp³-hybridized carbons (Fsp3) is 0.650. The summed E-state index contributed by atoms with van der Waals surface area (Å²) < 4.78 is 5.38. The molecule has 3 saturated heterocycles. The number of ether oxygens (including phenoxy) is 1. The van der Waals surface area contributed by atoms with Gasteiger partial charge in [-0.1, -0.05) is 0 Å². The number of piperidine rings is 1. The van der Waals surface area contributed by atoms with Crippen LogP contribution >= 0.6 is 0 Å². The van der Waals surface area contributed by atoms with Gasteiger partial charge in [-0.25, -0.2) is 0 Å². The maximum absolute atomic E-state index is 13.2. The summed E-state index contributed by atoms with van der Waals surface area (Å²) in [4.78, 5) is 34.1. The van der Waals surface area contributed by atoms with Gasteiger partial charge in [0.1, 0.15) is 0 Å². The molecule has 1 atom stereocenters. The minimum absolute atomic E-state index is 0.0725. The Hall–Kier alpha value is -1.95. The van der Waals surface area contributed by atoms with Crippen LogP contribution in [0.2, 0.25) is 0 Å². The van der Waals surface area contributed by atoms with E-state index in [0.29, 0.717) is 26.3 Å². The highest BCUT2D eigenvalue weighted by Crippen LogP contribution is 2.41. The topological polar surface area (TPSA) is 62.7 Å². The molecule has 1 aromatic heterocycles. The number of amides is 2. The first-order chi connectivity index (χ1) is 12.7. The largest absolute Gasteiger partial charge is 0.381 e. The van der Waals surface area contributed by atoms with E-state index in [4.69, 9.17) is 4.74 Å². The van der Waals surface area contributed by atoms with Crippen LogP contribution in [-0.2, 0) is 20.9 Å². The van der Waals surface area contributed by atoms with E-state index < -0.39 is 0 Å². The van der Waals surface area contributed by atoms with Crippen molar-refractivity contribution in [2.45, 2.75) is 38.6 Å². The van der Waals surface area contributed by atoms with E-state index in [-0.39, 0.29) is 23.1 Å². The summed E-state index contributed by atoms with van der Waals surface area (Å²) in [5, 5.41) is 0. The van der Waals surface area contributed by atoms with Gasteiger partial charge in [0.05, 0.1) is 5.41 Å². The lowest BCUT2D eigenvalue weighted by atomic mass is 9.78. The minimum Gasteiger partial charge on any atom is -0.381 e. The molecule has 0 radical (unpaired) electrons. The molecule has 26 heavy (non-hydrogen) atoms. The maximum Gasteiger partial charge on any atom is 0.230 e. The zero-order valence-corrected chi connectivity index (χ0v) is 15.2. The number of rotatable bonds is 3. The SMILES string of the molecule is O=C(C1CCOCC1)N1CCCC2(CCN(Cc3ccncc3)C2=O)C1. The molecule has 2 amide bonds. The van der Waals surface area contributed by atoms with Gasteiger partial charge in [0.15, 0.2) is 0 Å². The minimum atomic E-state index is -0.369. The van der Waals surface area contributed by atoms with Crippen molar-refractivity contribution in [2.75, 3.05) is 32.8 Å². The predicted molar refractivity (Wildman–Crippen MR) is 96.1 cm³/mol. The summed E-state index contributed by atoms with van der Waals surface area (Å²) in [5.74, 6) is 0.523. The number of carbonyl (C=O) groups is 2. The number of pyridine rings is 1. The Morgan fingerprint density at radius 3 is 2.73 bits per heavy atom. The summed E-state index contributed by atoms with van der Waals surface area (Å²) in [6, 6.07) is 3.92. The normalized spacial score (nSPS) is 27.3. The van der Waals surface area contributed by atoms with Gasteiger partial charge in [-0.2, -0.15) is 0 Å². The lowest BCUT2D eigenvalue weighted by Gasteiger charge is -2.40. The molecule has 0 bridgehead atoms. The third-order valence-electron chi connectivity index (χ3n) is 6.18. The second kappa shape index (κ2) is 7.35. The van der Waals surface area contributed by atoms with Crippen LogP contribution < -0.4 is 0 Å². The molecular weight excluding hydrogens is 330 g/mol. The Morgan fingerprint density at radius 1 is 1.19 bits per heavy atom. The Morgan fingerprint density at radius 2 is 1.96 bits per heavy atom. The molecule has 3 aliphatic rings. The van der Waals surface area contributed by atoms with E-state index in [0.717, 1.165) is 50.8 Å². The van der Waals surface area contributed by atoms with Crippen molar-refractivity contribution in [3.8, 4) is 0 Å². The number of likely N-dealkylation sites (tertiary alicyclic amines) is 2. The van der Waals surface area contributed by atoms with E-state index in [1.165, 1.54) is 0 Å². The Labute approximate surface area is 154 Å². The van der Waals surface area contributed by atoms with Crippen LogP contribution in [0.4, 0.5) is 0 Å². The molecule has 1 aromatic rings. The predicted octanol–water partition coefficient (Wildman–Crippen LogP) is 1.85. The molecule has 4 rings (SSSR count). The van der Waals surface area contributed by atoms with Gasteiger partial charge in [0.2, 0.25) is 11.8 Å². The van der Waals surface area contributed by atoms with Crippen molar-refractivity contribution < 1.29 is 14.3 Å². The molecule has 4 heterocycles. The molecule has 1 spiro atoms. The van der Waals surface area contributed by atoms with Crippen LogP contribution in [-0.4, -0.2) is 59.4 Å². The fourth-order valence-corrected chi connectivity index (χ4v) is 4.65. The first-order valence-corrected chi connectivity index (χ1v) is 9.73. The summed E-state index contributed by atoms with van der Waals surface area (Å²) in [5.41, 5.74) is 0.739. The monoisotopic (exact) mass is 357 g/mol. The van der Waals surface area contributed by atoms with Crippen molar-refractivity contribution in [1.82, 2.24) is 14.8 Å². The average Bonchev–Trinajstić information content (AvgIpc) is 2.98. The Balaban J connectivity index is 1.43. The van der Waals surface area contributed by atoms with Gasteiger partial charge in [-0.15, -0.1) is 0 Å². The van der Waals surface area contributed by atoms with E-state index in [2.05, 4.69) is 4.98 Å². The number of hydrogen-bond acceptors (Lipinski definition) is 4. The summed E-state index contributed by atoms with van der Waals surface area (Å²) in [7, 11) is 0. The Bertz CT molecular complexity index is 660. The van der Waals surface area contributed by atoms with Gasteiger partial charge < -0.3 is 14.5 Å². The van der Waals surface area contributed by atoms with E-state index in [9.17, 15) is 9.59 Å². The zero-order chi connectivity index (χ0) is 18.0. The summed E-state index contributed by atoms with van der Waals surface area (Å²) in [6.45, 7) is 4.14. The van der Waals surface area contributed by atoms with Crippen LogP contribution in [0.1, 0.15) is 37.7 Å². The molecule has 0 aromatic carbocycles. The van der Waals surface area contributed by atoms with Crippen molar-refractivity contribution in [1.29, 1.82) is 0 Å². The van der Waals surface area contributed by atoms with Crippen molar-refractivity contribution in [3.63, 3.8) is 0 Å². The fourth-order valence-electron chi connectivity index (χ4n) is 4.65. The van der Waals surface area contributed by atoms with Crippen LogP contribution in [0.15, 0.2) is 24.5 Å². The van der Waals surface area contributed by atoms with Crippen molar-refractivity contribution in [3.05, 3.63) is 30.1 Å². The number of nitrogens with zero attached hydrogens (tertiary/aromatic N) is 3. The van der Waals surface area contributed by atoms with E-state index in [1.807, 2.05) is 21.9 Å². The molecule has 0 aliphatic carbocycles. The van der Waals surface area contributed by atoms with Crippen LogP contribution in [0, 0.1) is 11.3 Å². The molecule has 6 heteroatoms. The van der Waals surface area contributed by atoms with Gasteiger partial charge in [-0.05, 0) is 49.8 Å². The molecule has 0 saturated carbocycles. The molecule has 1 unspecified atom stereocenters. The molecule has 3 fully saturated rings. The van der Waals surface area contributed by atoms with Crippen molar-refractivity contribution >= 4 is 11.8 Å². The van der Waals surface area contributed by atoms with E-state index >= 15 is 0 Å². The quantitative estimate of drug-likeness (QED) is 0.828. The second-order valence-corrected chi connectivity index (χ2v) is 7.86. The highest BCUT2D eigenvalue weighted by Gasteiger charge is 2.49. The second-order valence-electron chi connectivity index (χ2n) is 7.86. The molecular formula is C20H27N3O3. The number of hydrogen-bond donors (Lipinski definition) is 0. The maximum atomic E-state index is 13.2. The standard InChI is InChI=1S/C20H27N3O3/c24-18(17-4-12-26-13-5-17)23-10-1-6-20(15-23)7-11-22(19(20)25)14-16-2-8-21-9-3-16/h2-3,8-9,17H,1,4-7,10-15H2. The van der Waals surface area contributed by atoms with E-state index in [1.54, 1.807) is 12.4 Å². The number of carbonyl (C=O) groups excluding carboxylic acids is 2. The summed E-state index contributed by atoms with van der Waals surface area (Å²) >= 11 is 0. The molecule has 6 nitrogen and oxygen atoms in total. The third kappa shape index (κ3) is 3.34. The van der Waals surface area contributed by atoms with Crippen LogP contribution in [0.25, 0.3) is 0 Å². The highest BCUT2D eigenvalue weighted by atomic mass is 16.5. The smallest absolute Gasteiger partial charge is 0.230 e. The Kier molecular flexibility index (Phi) is 4.94. The lowest BCUT2D eigenvalue weighted by molar-refractivity contribution is -0.147. The van der Waals surface area contributed by atoms with Crippen LogP contribution in [0.3, 0.4) is 0 Å². The molecule has 140 valence electrons. The van der Waals surface area contributed by atoms with Gasteiger partial charge in [-0.3, -0.25) is 14.6 Å². The first kappa shape index (κ1) is 17.5.